The van der Waals surface area contributed by atoms with Gasteiger partial charge in [-0.25, -0.2) is 37.4 Å². The van der Waals surface area contributed by atoms with Crippen LogP contribution in [-0.4, -0.2) is 93.4 Å². The first-order valence-electron chi connectivity index (χ1n) is 26.6. The fourth-order valence-electron chi connectivity index (χ4n) is 19.6. The highest BCUT2D eigenvalue weighted by molar-refractivity contribution is 6.00. The highest BCUT2D eigenvalue weighted by Crippen LogP contribution is 3.10. The number of oxazole rings is 2. The molecule has 12 saturated carbocycles. The lowest BCUT2D eigenvalue weighted by molar-refractivity contribution is -0.638. The Kier molecular flexibility index (Phi) is 8.22. The van der Waals surface area contributed by atoms with Crippen LogP contribution in [0.1, 0.15) is 60.0 Å². The molecular weight excluding hydrogens is 1020 g/mol. The standard InChI is InChI=1S/C28H23FN6O5.C27H24FN7O4/c1-10(36)28-20-17-21(28)19-22(28)18(20)27(17,19)9-31-25(38)15-6-13(33-23-12(29)8-32-35(15)23)24(37)30-7-11-3-4-16-14(5-11)34(2)26(39)40-16;1-29-27-19-16-20(27)18-21(27)17(19)26(16,18)9-31-24(37)14-6-12(33-22-11(28)8-32-35(14)22)23(36)30-7-10-3-4-15-13(5-10)34(2)25(38)39-15/h3-6,8,17-22H,7,9H2,1-2H3,(H,30,37)(H,31,38);3-6,8,16-21,29H,7,9H2,1-2H3,(H,30,36)(H,31,37). The molecule has 6 heterocycles. The molecule has 0 atom stereocenters. The van der Waals surface area contributed by atoms with Crippen molar-refractivity contribution in [3.63, 3.8) is 0 Å². The minimum Gasteiger partial charge on any atom is -0.408 e. The molecule has 8 aromatic rings. The Morgan fingerprint density at radius 3 is 1.37 bits per heavy atom. The minimum absolute atomic E-state index is 0.0194. The van der Waals surface area contributed by atoms with Crippen molar-refractivity contribution in [3.8, 4) is 0 Å². The van der Waals surface area contributed by atoms with Crippen molar-refractivity contribution in [1.82, 2.24) is 64.9 Å². The van der Waals surface area contributed by atoms with Crippen molar-refractivity contribution >= 4 is 62.9 Å². The van der Waals surface area contributed by atoms with Gasteiger partial charge in [-0.1, -0.05) is 12.1 Å². The van der Waals surface area contributed by atoms with Crippen LogP contribution in [0.25, 0.3) is 33.5 Å². The second-order valence-corrected chi connectivity index (χ2v) is 23.9. The van der Waals surface area contributed by atoms with Crippen molar-refractivity contribution in [2.24, 2.45) is 101 Å². The number of ketones is 1. The second kappa shape index (κ2) is 14.2. The van der Waals surface area contributed by atoms with E-state index >= 15 is 0 Å². The quantitative estimate of drug-likeness (QED) is 0.104. The Morgan fingerprint density at radius 1 is 0.570 bits per heavy atom. The van der Waals surface area contributed by atoms with E-state index in [-0.39, 0.29) is 63.4 Å². The molecule has 12 aliphatic carbocycles. The fraction of sp³-hybridized carbons (Fsp3) is 0.436. The summed E-state index contributed by atoms with van der Waals surface area (Å²) in [5, 5.41) is 23.1. The molecule has 0 spiro atoms. The van der Waals surface area contributed by atoms with Crippen LogP contribution in [0.5, 0.6) is 0 Å². The van der Waals surface area contributed by atoms with E-state index in [1.165, 1.54) is 21.3 Å². The highest BCUT2D eigenvalue weighted by Gasteiger charge is 3.11. The van der Waals surface area contributed by atoms with Gasteiger partial charge in [0.05, 0.1) is 23.4 Å². The summed E-state index contributed by atoms with van der Waals surface area (Å²) in [4.78, 5) is 96.7. The molecule has 0 saturated heterocycles. The molecule has 24 heteroatoms. The molecule has 6 aromatic heterocycles. The van der Waals surface area contributed by atoms with Crippen LogP contribution in [0.4, 0.5) is 8.78 Å². The summed E-state index contributed by atoms with van der Waals surface area (Å²) in [7, 11) is 5.26. The van der Waals surface area contributed by atoms with Gasteiger partial charge in [0, 0.05) is 63.4 Å². The van der Waals surface area contributed by atoms with Crippen molar-refractivity contribution in [2.45, 2.75) is 25.6 Å². The molecule has 4 amide bonds. The maximum absolute atomic E-state index is 14.5. The van der Waals surface area contributed by atoms with Gasteiger partial charge in [0.15, 0.2) is 34.1 Å². The SMILES string of the molecule is CC(=O)C12C3C4C1C1C2C3C41CNC(=O)c1cc(C(=O)NCc2ccc3oc(=O)n(C)c3c2)nc2c(F)cnn12.CNC12C3C4C1C1C2C3C41CNC(=O)c1cc(C(=O)NCc2ccc3oc(=O)n(C)c3c2)nc2c(F)cnn12. The first-order chi connectivity index (χ1) is 38.0. The maximum atomic E-state index is 14.5. The summed E-state index contributed by atoms with van der Waals surface area (Å²) in [6.45, 7) is 3.08. The number of amides is 4. The smallest absolute Gasteiger partial charge is 0.408 e. The van der Waals surface area contributed by atoms with Gasteiger partial charge in [0.2, 0.25) is 0 Å². The zero-order chi connectivity index (χ0) is 54.0. The van der Waals surface area contributed by atoms with E-state index in [9.17, 15) is 42.3 Å². The van der Waals surface area contributed by atoms with Gasteiger partial charge >= 0.3 is 11.5 Å². The average Bonchev–Trinajstić information content (AvgIpc) is 0.873. The van der Waals surface area contributed by atoms with Gasteiger partial charge in [-0.2, -0.15) is 10.2 Å². The Balaban J connectivity index is 0.000000127. The molecule has 0 aliphatic heterocycles. The maximum Gasteiger partial charge on any atom is 0.419 e. The third-order valence-electron chi connectivity index (χ3n) is 22.2. The number of hydrogen-bond donors (Lipinski definition) is 5. The van der Waals surface area contributed by atoms with Gasteiger partial charge in [-0.05, 0) is 131 Å². The normalized spacial score (nSPS) is 35.0. The van der Waals surface area contributed by atoms with Crippen LogP contribution in [0.2, 0.25) is 0 Å². The van der Waals surface area contributed by atoms with E-state index in [1.54, 1.807) is 57.4 Å². The van der Waals surface area contributed by atoms with E-state index < -0.39 is 46.8 Å². The summed E-state index contributed by atoms with van der Waals surface area (Å²) in [5.41, 5.74) is 3.70. The van der Waals surface area contributed by atoms with Crippen molar-refractivity contribution in [1.29, 1.82) is 0 Å². The molecule has 0 radical (unpaired) electrons. The number of Topliss-reactive ketones (excluding diaryl/α,β-unsaturated/α-hetero) is 1. The van der Waals surface area contributed by atoms with Crippen LogP contribution in [0.15, 0.2) is 79.3 Å². The minimum atomic E-state index is -0.745. The Bertz CT molecular complexity index is 4270. The molecule has 0 unspecified atom stereocenters. The Morgan fingerprint density at radius 2 is 0.975 bits per heavy atom. The third kappa shape index (κ3) is 4.75. The van der Waals surface area contributed by atoms with Gasteiger partial charge in [-0.15, -0.1) is 0 Å². The van der Waals surface area contributed by atoms with E-state index in [1.807, 2.05) is 0 Å². The molecule has 0 bridgehead atoms. The number of aryl methyl sites for hydroxylation is 2. The van der Waals surface area contributed by atoms with E-state index in [0.29, 0.717) is 105 Å². The van der Waals surface area contributed by atoms with Crippen molar-refractivity contribution < 1.29 is 41.6 Å². The van der Waals surface area contributed by atoms with Gasteiger partial charge < -0.3 is 35.4 Å². The number of aromatic nitrogens is 8. The number of nitrogens with zero attached hydrogens (tertiary/aromatic N) is 8. The fourth-order valence-corrected chi connectivity index (χ4v) is 19.6. The molecule has 12 aliphatic rings. The monoisotopic (exact) mass is 1070 g/mol. The van der Waals surface area contributed by atoms with Crippen LogP contribution in [0.3, 0.4) is 0 Å². The zero-order valence-electron chi connectivity index (χ0n) is 42.5. The predicted molar refractivity (Wildman–Crippen MR) is 267 cm³/mol. The lowest BCUT2D eigenvalue weighted by Gasteiger charge is -3.11. The van der Waals surface area contributed by atoms with Gasteiger partial charge in [-0.3, -0.25) is 33.1 Å². The predicted octanol–water partition coefficient (Wildman–Crippen LogP) is 1.98. The first-order valence-corrected chi connectivity index (χ1v) is 26.6. The summed E-state index contributed by atoms with van der Waals surface area (Å²) >= 11 is 0. The summed E-state index contributed by atoms with van der Waals surface area (Å²) in [6.07, 6.45) is 1.95. The number of benzene rings is 2. The Hall–Kier alpha value is -8.41. The van der Waals surface area contributed by atoms with Crippen LogP contribution in [-0.2, 0) is 32.0 Å². The number of hydrogen-bond acceptors (Lipinski definition) is 14. The summed E-state index contributed by atoms with van der Waals surface area (Å²) in [5.74, 6) is 3.42. The first kappa shape index (κ1) is 45.6. The molecule has 12 fully saturated rings. The van der Waals surface area contributed by atoms with Crippen LogP contribution < -0.4 is 38.1 Å². The second-order valence-electron chi connectivity index (χ2n) is 23.9. The third-order valence-corrected chi connectivity index (χ3v) is 22.2. The lowest BCUT2D eigenvalue weighted by atomic mass is 8.92. The number of carbonyl (C=O) groups is 5. The van der Waals surface area contributed by atoms with Crippen LogP contribution >= 0.6 is 0 Å². The number of rotatable bonds is 14. The average molecular weight is 1070 g/mol. The van der Waals surface area contributed by atoms with Gasteiger partial charge in [0.1, 0.15) is 28.6 Å². The molecule has 20 rings (SSSR count). The molecule has 400 valence electrons. The molecule has 2 aromatic carbocycles. The highest BCUT2D eigenvalue weighted by atomic mass is 19.1. The summed E-state index contributed by atoms with van der Waals surface area (Å²) < 4.78 is 44.3. The molecule has 22 nitrogen and oxygen atoms in total. The topological polar surface area (TPSA) is 276 Å². The van der Waals surface area contributed by atoms with Crippen LogP contribution in [0, 0.1) is 98.9 Å². The number of halogens is 2. The lowest BCUT2D eigenvalue weighted by Crippen LogP contribution is -3.15. The van der Waals surface area contributed by atoms with E-state index in [0.717, 1.165) is 44.7 Å². The number of nitrogens with one attached hydrogen (secondary N) is 5. The molecular formula is C55H47F2N13O9. The Labute approximate surface area is 442 Å². The number of carbonyl (C=O) groups excluding carboxylic acids is 5. The van der Waals surface area contributed by atoms with Gasteiger partial charge in [0.25, 0.3) is 23.6 Å². The van der Waals surface area contributed by atoms with E-state index in [2.05, 4.69) is 53.8 Å². The molecule has 79 heavy (non-hydrogen) atoms. The zero-order valence-corrected chi connectivity index (χ0v) is 42.5. The van der Waals surface area contributed by atoms with Crippen molar-refractivity contribution in [2.75, 3.05) is 20.1 Å². The largest absolute Gasteiger partial charge is 0.419 e. The summed E-state index contributed by atoms with van der Waals surface area (Å²) in [6, 6.07) is 12.9. The van der Waals surface area contributed by atoms with E-state index in [4.69, 9.17) is 8.83 Å². The molecule has 5 N–H and O–H groups in total. The number of fused-ring (bicyclic) bond motifs is 4. The van der Waals surface area contributed by atoms with Crippen molar-refractivity contribution in [3.05, 3.63) is 128 Å².